The molecule has 0 aromatic heterocycles. The Morgan fingerprint density at radius 2 is 2.04 bits per heavy atom. The lowest BCUT2D eigenvalue weighted by atomic mass is 9.81. The monoisotopic (exact) mass is 314 g/mol. The number of ketones is 1. The van der Waals surface area contributed by atoms with Crippen molar-refractivity contribution in [1.29, 1.82) is 5.26 Å². The number of Topliss-reactive ketones (excluding diaryl/α,β-unsaturated/α-hetero) is 1. The molecule has 1 heterocycles. The fourth-order valence-corrected chi connectivity index (χ4v) is 2.79. The zero-order valence-electron chi connectivity index (χ0n) is 13.5. The first-order valence-corrected chi connectivity index (χ1v) is 6.96. The first kappa shape index (κ1) is 16.4. The molecule has 1 atom stereocenters. The molecule has 0 fully saturated rings. The standard InChI is InChI=1S/C17H18N2O4/c1-9(20)14-10(2)23-17(19)12(8-18)15(14)11-6-5-7-13(21-3)16(11)22-4/h5-7,15H,19H2,1-4H3/t15-/m0/s1. The third kappa shape index (κ3) is 2.73. The number of methoxy groups -OCH3 is 2. The van der Waals surface area contributed by atoms with Gasteiger partial charge in [0.2, 0.25) is 5.88 Å². The van der Waals surface area contributed by atoms with E-state index < -0.39 is 5.92 Å². The molecule has 6 nitrogen and oxygen atoms in total. The summed E-state index contributed by atoms with van der Waals surface area (Å²) >= 11 is 0. The molecule has 2 N–H and O–H groups in total. The van der Waals surface area contributed by atoms with Crippen molar-refractivity contribution < 1.29 is 19.0 Å². The molecule has 1 aliphatic rings. The largest absolute Gasteiger partial charge is 0.493 e. The lowest BCUT2D eigenvalue weighted by Crippen LogP contribution is -2.23. The second kappa shape index (κ2) is 6.44. The lowest BCUT2D eigenvalue weighted by molar-refractivity contribution is -0.114. The first-order chi connectivity index (χ1) is 11.0. The SMILES string of the molecule is COc1cccc([C@H]2C(C#N)=C(N)OC(C)=C2C(C)=O)c1OC. The summed E-state index contributed by atoms with van der Waals surface area (Å²) in [6.45, 7) is 3.08. The van der Waals surface area contributed by atoms with Gasteiger partial charge in [0, 0.05) is 11.1 Å². The summed E-state index contributed by atoms with van der Waals surface area (Å²) in [6, 6.07) is 7.33. The Morgan fingerprint density at radius 1 is 1.35 bits per heavy atom. The molecular weight excluding hydrogens is 296 g/mol. The van der Waals surface area contributed by atoms with Crippen molar-refractivity contribution in [1.82, 2.24) is 0 Å². The van der Waals surface area contributed by atoms with Gasteiger partial charge in [-0.05, 0) is 19.9 Å². The summed E-state index contributed by atoms with van der Waals surface area (Å²) in [5, 5.41) is 9.50. The number of hydrogen-bond donors (Lipinski definition) is 1. The average Bonchev–Trinajstić information content (AvgIpc) is 2.52. The highest BCUT2D eigenvalue weighted by atomic mass is 16.5. The van der Waals surface area contributed by atoms with Gasteiger partial charge in [0.25, 0.3) is 0 Å². The maximum absolute atomic E-state index is 12.1. The molecule has 1 aliphatic heterocycles. The molecule has 23 heavy (non-hydrogen) atoms. The van der Waals surface area contributed by atoms with Crippen LogP contribution in [0, 0.1) is 11.3 Å². The molecule has 1 aromatic carbocycles. The number of nitriles is 1. The van der Waals surface area contributed by atoms with Crippen LogP contribution in [-0.4, -0.2) is 20.0 Å². The molecular formula is C17H18N2O4. The summed E-state index contributed by atoms with van der Waals surface area (Å²) in [5.74, 6) is 0.476. The van der Waals surface area contributed by atoms with E-state index in [9.17, 15) is 10.1 Å². The van der Waals surface area contributed by atoms with Gasteiger partial charge in [-0.2, -0.15) is 5.26 Å². The normalized spacial score (nSPS) is 17.4. The van der Waals surface area contributed by atoms with E-state index in [0.29, 0.717) is 28.4 Å². The minimum Gasteiger partial charge on any atom is -0.493 e. The van der Waals surface area contributed by atoms with Gasteiger partial charge in [0.15, 0.2) is 17.3 Å². The fourth-order valence-electron chi connectivity index (χ4n) is 2.79. The van der Waals surface area contributed by atoms with E-state index in [2.05, 4.69) is 0 Å². The minimum absolute atomic E-state index is 0.00938. The van der Waals surface area contributed by atoms with Crippen molar-refractivity contribution in [2.45, 2.75) is 19.8 Å². The van der Waals surface area contributed by atoms with Gasteiger partial charge in [0.05, 0.1) is 20.1 Å². The van der Waals surface area contributed by atoms with Gasteiger partial charge in [-0.15, -0.1) is 0 Å². The van der Waals surface area contributed by atoms with Crippen molar-refractivity contribution >= 4 is 5.78 Å². The van der Waals surface area contributed by atoms with Gasteiger partial charge >= 0.3 is 0 Å². The van der Waals surface area contributed by atoms with Crippen molar-refractivity contribution in [2.75, 3.05) is 14.2 Å². The number of nitrogens with zero attached hydrogens (tertiary/aromatic N) is 1. The van der Waals surface area contributed by atoms with E-state index in [1.807, 2.05) is 6.07 Å². The minimum atomic E-state index is -0.656. The number of para-hydroxylation sites is 1. The number of nitrogens with two attached hydrogens (primary N) is 1. The van der Waals surface area contributed by atoms with Crippen LogP contribution in [0.5, 0.6) is 11.5 Å². The second-order valence-electron chi connectivity index (χ2n) is 5.03. The highest BCUT2D eigenvalue weighted by molar-refractivity contribution is 5.97. The quantitative estimate of drug-likeness (QED) is 0.917. The number of carbonyl (C=O) groups excluding carboxylic acids is 1. The molecule has 0 unspecified atom stereocenters. The number of rotatable bonds is 4. The molecule has 0 radical (unpaired) electrons. The van der Waals surface area contributed by atoms with Crippen LogP contribution in [0.3, 0.4) is 0 Å². The van der Waals surface area contributed by atoms with Gasteiger partial charge in [-0.25, -0.2) is 0 Å². The number of carbonyl (C=O) groups is 1. The molecule has 0 aliphatic carbocycles. The predicted octanol–water partition coefficient (Wildman–Crippen LogP) is 2.37. The lowest BCUT2D eigenvalue weighted by Gasteiger charge is -2.28. The second-order valence-corrected chi connectivity index (χ2v) is 5.03. The van der Waals surface area contributed by atoms with E-state index in [1.165, 1.54) is 21.1 Å². The fraction of sp³-hybridized carbons (Fsp3) is 0.294. The van der Waals surface area contributed by atoms with E-state index in [4.69, 9.17) is 19.9 Å². The highest BCUT2D eigenvalue weighted by Gasteiger charge is 2.36. The van der Waals surface area contributed by atoms with Crippen LogP contribution >= 0.6 is 0 Å². The molecule has 0 spiro atoms. The van der Waals surface area contributed by atoms with E-state index in [1.54, 1.807) is 25.1 Å². The molecule has 120 valence electrons. The van der Waals surface area contributed by atoms with Crippen LogP contribution in [-0.2, 0) is 9.53 Å². The van der Waals surface area contributed by atoms with Crippen LogP contribution in [0.25, 0.3) is 0 Å². The Labute approximate surface area is 134 Å². The topological polar surface area (TPSA) is 94.6 Å². The van der Waals surface area contributed by atoms with Crippen LogP contribution in [0.1, 0.15) is 25.3 Å². The first-order valence-electron chi connectivity index (χ1n) is 6.96. The van der Waals surface area contributed by atoms with E-state index in [-0.39, 0.29) is 17.2 Å². The summed E-state index contributed by atoms with van der Waals surface area (Å²) < 4.78 is 16.1. The average molecular weight is 314 g/mol. The van der Waals surface area contributed by atoms with E-state index >= 15 is 0 Å². The molecule has 1 aromatic rings. The number of allylic oxidation sites excluding steroid dienone is 3. The molecule has 6 heteroatoms. The van der Waals surface area contributed by atoms with Gasteiger partial charge < -0.3 is 19.9 Å². The highest BCUT2D eigenvalue weighted by Crippen LogP contribution is 2.45. The molecule has 0 saturated carbocycles. The Hall–Kier alpha value is -2.94. The maximum Gasteiger partial charge on any atom is 0.205 e. The van der Waals surface area contributed by atoms with Crippen molar-refractivity contribution in [3.8, 4) is 17.6 Å². The summed E-state index contributed by atoms with van der Waals surface area (Å²) in [4.78, 5) is 12.1. The van der Waals surface area contributed by atoms with Crippen molar-refractivity contribution in [3.63, 3.8) is 0 Å². The summed E-state index contributed by atoms with van der Waals surface area (Å²) in [5.41, 5.74) is 7.02. The van der Waals surface area contributed by atoms with Crippen LogP contribution in [0.4, 0.5) is 0 Å². The van der Waals surface area contributed by atoms with Crippen LogP contribution in [0.2, 0.25) is 0 Å². The van der Waals surface area contributed by atoms with Crippen LogP contribution in [0.15, 0.2) is 41.0 Å². The third-order valence-corrected chi connectivity index (χ3v) is 3.73. The molecule has 0 bridgehead atoms. The Balaban J connectivity index is 2.78. The smallest absolute Gasteiger partial charge is 0.205 e. The van der Waals surface area contributed by atoms with Gasteiger partial charge in [-0.3, -0.25) is 4.79 Å². The molecule has 0 saturated heterocycles. The number of hydrogen-bond acceptors (Lipinski definition) is 6. The Morgan fingerprint density at radius 3 is 2.57 bits per heavy atom. The van der Waals surface area contributed by atoms with Gasteiger partial charge in [-0.1, -0.05) is 12.1 Å². The molecule has 0 amide bonds. The van der Waals surface area contributed by atoms with Crippen molar-refractivity contribution in [2.24, 2.45) is 5.73 Å². The molecule has 2 rings (SSSR count). The number of ether oxygens (including phenoxy) is 3. The Bertz CT molecular complexity index is 756. The van der Waals surface area contributed by atoms with E-state index in [0.717, 1.165) is 0 Å². The zero-order valence-corrected chi connectivity index (χ0v) is 13.5. The summed E-state index contributed by atoms with van der Waals surface area (Å²) in [7, 11) is 3.03. The predicted molar refractivity (Wildman–Crippen MR) is 83.6 cm³/mol. The third-order valence-electron chi connectivity index (χ3n) is 3.73. The summed E-state index contributed by atoms with van der Waals surface area (Å²) in [6.07, 6.45) is 0. The van der Waals surface area contributed by atoms with Gasteiger partial charge in [0.1, 0.15) is 17.4 Å². The maximum atomic E-state index is 12.1. The zero-order chi connectivity index (χ0) is 17.1. The Kier molecular flexibility index (Phi) is 4.60. The number of benzene rings is 1. The van der Waals surface area contributed by atoms with Crippen LogP contribution < -0.4 is 15.2 Å². The van der Waals surface area contributed by atoms with Crippen molar-refractivity contribution in [3.05, 3.63) is 46.6 Å².